The molecule has 146 valence electrons. The summed E-state index contributed by atoms with van der Waals surface area (Å²) in [4.78, 5) is 6.37. The van der Waals surface area contributed by atoms with Gasteiger partial charge in [-0.25, -0.2) is 0 Å². The van der Waals surface area contributed by atoms with Crippen LogP contribution in [0.1, 0.15) is 30.1 Å². The van der Waals surface area contributed by atoms with Crippen LogP contribution in [0.5, 0.6) is 11.5 Å². The van der Waals surface area contributed by atoms with Gasteiger partial charge < -0.3 is 9.47 Å². The number of ether oxygens (including phenoxy) is 2. The first-order valence-corrected chi connectivity index (χ1v) is 8.85. The summed E-state index contributed by atoms with van der Waals surface area (Å²) in [5.41, 5.74) is 1.57. The molecule has 2 aromatic rings. The SMILES string of the molecule is COc1ccc(CN2CC[C@@H](C(F)(F)F)C[C@@H]2c2ccccn2)c(OC)c1. The average molecular weight is 380 g/mol. The van der Waals surface area contributed by atoms with Crippen molar-refractivity contribution >= 4 is 0 Å². The molecule has 1 aromatic carbocycles. The van der Waals surface area contributed by atoms with Gasteiger partial charge in [-0.2, -0.15) is 13.2 Å². The van der Waals surface area contributed by atoms with E-state index in [9.17, 15) is 13.2 Å². The van der Waals surface area contributed by atoms with Crippen LogP contribution in [0.15, 0.2) is 42.6 Å². The van der Waals surface area contributed by atoms with Crippen LogP contribution in [0, 0.1) is 5.92 Å². The first-order valence-electron chi connectivity index (χ1n) is 8.85. The predicted octanol–water partition coefficient (Wildman–Crippen LogP) is 4.61. The molecule has 1 saturated heterocycles. The molecule has 3 rings (SSSR count). The zero-order valence-electron chi connectivity index (χ0n) is 15.4. The molecule has 0 spiro atoms. The molecule has 0 saturated carbocycles. The summed E-state index contributed by atoms with van der Waals surface area (Å²) in [6.07, 6.45) is -2.46. The lowest BCUT2D eigenvalue weighted by molar-refractivity contribution is -0.190. The van der Waals surface area contributed by atoms with Gasteiger partial charge in [0, 0.05) is 24.4 Å². The van der Waals surface area contributed by atoms with E-state index in [2.05, 4.69) is 9.88 Å². The van der Waals surface area contributed by atoms with Crippen LogP contribution in [0.4, 0.5) is 13.2 Å². The molecule has 0 N–H and O–H groups in total. The Morgan fingerprint density at radius 3 is 2.59 bits per heavy atom. The van der Waals surface area contributed by atoms with E-state index >= 15 is 0 Å². The van der Waals surface area contributed by atoms with Crippen LogP contribution < -0.4 is 9.47 Å². The Balaban J connectivity index is 1.87. The van der Waals surface area contributed by atoms with E-state index in [1.807, 2.05) is 18.2 Å². The van der Waals surface area contributed by atoms with Gasteiger partial charge in [0.25, 0.3) is 0 Å². The second-order valence-electron chi connectivity index (χ2n) is 6.68. The number of piperidine rings is 1. The summed E-state index contributed by atoms with van der Waals surface area (Å²) < 4.78 is 50.6. The van der Waals surface area contributed by atoms with E-state index < -0.39 is 18.1 Å². The molecule has 27 heavy (non-hydrogen) atoms. The molecule has 1 aliphatic heterocycles. The number of benzene rings is 1. The topological polar surface area (TPSA) is 34.6 Å². The van der Waals surface area contributed by atoms with Crippen LogP contribution in [0.3, 0.4) is 0 Å². The minimum absolute atomic E-state index is 0.0129. The molecule has 2 heterocycles. The van der Waals surface area contributed by atoms with Crippen LogP contribution >= 0.6 is 0 Å². The monoisotopic (exact) mass is 380 g/mol. The molecule has 0 unspecified atom stereocenters. The van der Waals surface area contributed by atoms with Crippen molar-refractivity contribution in [3.63, 3.8) is 0 Å². The average Bonchev–Trinajstić information content (AvgIpc) is 2.68. The van der Waals surface area contributed by atoms with Gasteiger partial charge >= 0.3 is 6.18 Å². The largest absolute Gasteiger partial charge is 0.497 e. The third kappa shape index (κ3) is 4.53. The van der Waals surface area contributed by atoms with Crippen molar-refractivity contribution in [2.24, 2.45) is 5.92 Å². The van der Waals surface area contributed by atoms with Crippen molar-refractivity contribution in [1.82, 2.24) is 9.88 Å². The Kier molecular flexibility index (Phi) is 5.89. The molecular weight excluding hydrogens is 357 g/mol. The molecule has 0 bridgehead atoms. The zero-order valence-corrected chi connectivity index (χ0v) is 15.4. The summed E-state index contributed by atoms with van der Waals surface area (Å²) in [6, 6.07) is 10.5. The number of aromatic nitrogens is 1. The zero-order chi connectivity index (χ0) is 19.4. The van der Waals surface area contributed by atoms with Gasteiger partial charge in [0.1, 0.15) is 11.5 Å². The van der Waals surface area contributed by atoms with Gasteiger partial charge in [-0.15, -0.1) is 0 Å². The fraction of sp³-hybridized carbons (Fsp3) is 0.450. The quantitative estimate of drug-likeness (QED) is 0.759. The Hall–Kier alpha value is -2.28. The molecule has 2 atom stereocenters. The van der Waals surface area contributed by atoms with Gasteiger partial charge in [0.2, 0.25) is 0 Å². The second-order valence-corrected chi connectivity index (χ2v) is 6.68. The number of methoxy groups -OCH3 is 2. The molecule has 0 radical (unpaired) electrons. The van der Waals surface area contributed by atoms with Gasteiger partial charge in [0.05, 0.1) is 31.9 Å². The molecule has 1 aromatic heterocycles. The third-order valence-electron chi connectivity index (χ3n) is 5.07. The van der Waals surface area contributed by atoms with E-state index in [-0.39, 0.29) is 12.8 Å². The smallest absolute Gasteiger partial charge is 0.391 e. The van der Waals surface area contributed by atoms with Crippen LogP contribution in [-0.4, -0.2) is 36.8 Å². The highest BCUT2D eigenvalue weighted by Crippen LogP contribution is 2.42. The molecule has 4 nitrogen and oxygen atoms in total. The lowest BCUT2D eigenvalue weighted by Crippen LogP contribution is -2.41. The number of halogens is 3. The Morgan fingerprint density at radius 1 is 1.15 bits per heavy atom. The molecule has 0 aliphatic carbocycles. The van der Waals surface area contributed by atoms with Crippen LogP contribution in [0.25, 0.3) is 0 Å². The van der Waals surface area contributed by atoms with Crippen molar-refractivity contribution in [3.05, 3.63) is 53.9 Å². The van der Waals surface area contributed by atoms with Crippen molar-refractivity contribution in [2.45, 2.75) is 31.6 Å². The first kappa shape index (κ1) is 19.5. The van der Waals surface area contributed by atoms with Gasteiger partial charge in [-0.1, -0.05) is 12.1 Å². The van der Waals surface area contributed by atoms with E-state index in [1.54, 1.807) is 38.6 Å². The second kappa shape index (κ2) is 8.17. The Morgan fingerprint density at radius 2 is 1.96 bits per heavy atom. The number of alkyl halides is 3. The highest BCUT2D eigenvalue weighted by Gasteiger charge is 2.44. The molecule has 0 amide bonds. The summed E-state index contributed by atoms with van der Waals surface area (Å²) in [6.45, 7) is 0.833. The summed E-state index contributed by atoms with van der Waals surface area (Å²) in [7, 11) is 3.15. The number of likely N-dealkylation sites (tertiary alicyclic amines) is 1. The van der Waals surface area contributed by atoms with E-state index in [4.69, 9.17) is 9.47 Å². The molecule has 7 heteroatoms. The van der Waals surface area contributed by atoms with Gasteiger partial charge in [-0.05, 0) is 37.6 Å². The number of pyridine rings is 1. The fourth-order valence-electron chi connectivity index (χ4n) is 3.58. The van der Waals surface area contributed by atoms with Crippen molar-refractivity contribution < 1.29 is 22.6 Å². The first-order chi connectivity index (χ1) is 12.9. The highest BCUT2D eigenvalue weighted by atomic mass is 19.4. The molecular formula is C20H23F3N2O2. The number of hydrogen-bond acceptors (Lipinski definition) is 4. The maximum absolute atomic E-state index is 13.3. The molecule has 1 fully saturated rings. The maximum Gasteiger partial charge on any atom is 0.391 e. The lowest BCUT2D eigenvalue weighted by Gasteiger charge is -2.40. The standard InChI is InChI=1S/C20H23F3N2O2/c1-26-16-7-6-14(19(12-16)27-2)13-25-10-8-15(20(21,22)23)11-18(25)17-5-3-4-9-24-17/h3-7,9,12,15,18H,8,10-11,13H2,1-2H3/t15-,18-/m1/s1. The lowest BCUT2D eigenvalue weighted by atomic mass is 9.88. The summed E-state index contributed by atoms with van der Waals surface area (Å²) >= 11 is 0. The Bertz CT molecular complexity index is 753. The minimum atomic E-state index is -4.18. The van der Waals surface area contributed by atoms with Crippen molar-refractivity contribution in [1.29, 1.82) is 0 Å². The van der Waals surface area contributed by atoms with E-state index in [0.717, 1.165) is 5.56 Å². The number of hydrogen-bond donors (Lipinski definition) is 0. The van der Waals surface area contributed by atoms with Crippen molar-refractivity contribution in [2.75, 3.05) is 20.8 Å². The van der Waals surface area contributed by atoms with Crippen molar-refractivity contribution in [3.8, 4) is 11.5 Å². The molecule has 1 aliphatic rings. The van der Waals surface area contributed by atoms with E-state index in [1.165, 1.54) is 0 Å². The summed E-state index contributed by atoms with van der Waals surface area (Å²) in [5, 5.41) is 0. The number of nitrogens with zero attached hydrogens (tertiary/aromatic N) is 2. The summed E-state index contributed by atoms with van der Waals surface area (Å²) in [5.74, 6) is 0.0261. The van der Waals surface area contributed by atoms with Gasteiger partial charge in [-0.3, -0.25) is 9.88 Å². The van der Waals surface area contributed by atoms with E-state index in [0.29, 0.717) is 30.3 Å². The third-order valence-corrected chi connectivity index (χ3v) is 5.07. The minimum Gasteiger partial charge on any atom is -0.497 e. The normalized spacial score (nSPS) is 21.1. The maximum atomic E-state index is 13.3. The predicted molar refractivity (Wildman–Crippen MR) is 95.7 cm³/mol. The Labute approximate surface area is 156 Å². The fourth-order valence-corrected chi connectivity index (χ4v) is 3.58. The van der Waals surface area contributed by atoms with Gasteiger partial charge in [0.15, 0.2) is 0 Å². The van der Waals surface area contributed by atoms with Crippen LogP contribution in [-0.2, 0) is 6.54 Å². The highest BCUT2D eigenvalue weighted by molar-refractivity contribution is 5.40. The number of rotatable bonds is 5. The van der Waals surface area contributed by atoms with Crippen LogP contribution in [0.2, 0.25) is 0 Å².